The van der Waals surface area contributed by atoms with Gasteiger partial charge in [0.05, 0.1) is 6.54 Å². The molecule has 0 aliphatic heterocycles. The zero-order valence-corrected chi connectivity index (χ0v) is 9.69. The largest absolute Gasteiger partial charge is 0.360 e. The van der Waals surface area contributed by atoms with Crippen LogP contribution in [0.3, 0.4) is 0 Å². The Balaban J connectivity index is 2.40. The van der Waals surface area contributed by atoms with Gasteiger partial charge in [-0.05, 0) is 13.8 Å². The van der Waals surface area contributed by atoms with Crippen molar-refractivity contribution in [1.29, 1.82) is 0 Å². The predicted octanol–water partition coefficient (Wildman–Crippen LogP) is 0.699. The fraction of sp³-hybridized carbons (Fsp3) is 0.600. The van der Waals surface area contributed by atoms with Crippen LogP contribution in [0, 0.1) is 0 Å². The topological polar surface area (TPSA) is 50.2 Å². The molecule has 1 aromatic heterocycles. The first kappa shape index (κ1) is 11.6. The maximum Gasteiger partial charge on any atom is 0.241 e. The number of carbonyl (C=O) groups is 1. The van der Waals surface area contributed by atoms with Crippen molar-refractivity contribution in [3.05, 3.63) is 12.3 Å². The number of amides is 1. The molecule has 1 aromatic rings. The highest BCUT2D eigenvalue weighted by Gasteiger charge is 2.11. The summed E-state index contributed by atoms with van der Waals surface area (Å²) in [5.74, 6) is 0.790. The Kier molecular flexibility index (Phi) is 3.71. The normalized spacial score (nSPS) is 10.5. The molecule has 5 heteroatoms. The average Bonchev–Trinajstić information content (AvgIpc) is 2.59. The lowest BCUT2D eigenvalue weighted by Crippen LogP contribution is -2.37. The van der Waals surface area contributed by atoms with E-state index in [4.69, 9.17) is 0 Å². The Labute approximate surface area is 90.1 Å². The summed E-state index contributed by atoms with van der Waals surface area (Å²) in [5.41, 5.74) is 0. The van der Waals surface area contributed by atoms with Gasteiger partial charge in [0, 0.05) is 32.4 Å². The lowest BCUT2D eigenvalue weighted by molar-refractivity contribution is -0.129. The lowest BCUT2D eigenvalue weighted by Gasteiger charge is -2.21. The van der Waals surface area contributed by atoms with Gasteiger partial charge in [-0.25, -0.2) is 0 Å². The summed E-state index contributed by atoms with van der Waals surface area (Å²) in [7, 11) is 3.64. The second kappa shape index (κ2) is 4.82. The van der Waals surface area contributed by atoms with Crippen LogP contribution < -0.4 is 5.32 Å². The fourth-order valence-corrected chi connectivity index (χ4v) is 1.09. The Morgan fingerprint density at radius 1 is 1.67 bits per heavy atom. The molecule has 0 radical (unpaired) electrons. The van der Waals surface area contributed by atoms with Gasteiger partial charge in [0.25, 0.3) is 0 Å². The van der Waals surface area contributed by atoms with Crippen LogP contribution in [-0.2, 0) is 11.8 Å². The molecule has 0 fully saturated rings. The highest BCUT2D eigenvalue weighted by atomic mass is 16.2. The Hall–Kier alpha value is -1.52. The van der Waals surface area contributed by atoms with Gasteiger partial charge >= 0.3 is 0 Å². The highest BCUT2D eigenvalue weighted by Crippen LogP contribution is 2.01. The van der Waals surface area contributed by atoms with E-state index in [1.165, 1.54) is 0 Å². The minimum atomic E-state index is 0.0654. The van der Waals surface area contributed by atoms with Gasteiger partial charge in [0.15, 0.2) is 0 Å². The standard InChI is InChI=1S/C10H18N4O/c1-8(2)14(4)10(15)7-11-9-5-6-13(3)12-9/h5-6,8H,7H2,1-4H3,(H,11,12). The molecule has 1 N–H and O–H groups in total. The molecule has 1 heterocycles. The Bertz CT molecular complexity index is 332. The molecule has 15 heavy (non-hydrogen) atoms. The van der Waals surface area contributed by atoms with E-state index >= 15 is 0 Å². The molecule has 0 saturated heterocycles. The number of likely N-dealkylation sites (N-methyl/N-ethyl adjacent to an activating group) is 1. The van der Waals surface area contributed by atoms with E-state index in [1.807, 2.05) is 33.2 Å². The van der Waals surface area contributed by atoms with E-state index in [0.717, 1.165) is 5.82 Å². The zero-order valence-electron chi connectivity index (χ0n) is 9.69. The number of rotatable bonds is 4. The molecule has 1 rings (SSSR count). The summed E-state index contributed by atoms with van der Waals surface area (Å²) in [6.07, 6.45) is 1.83. The number of hydrogen-bond acceptors (Lipinski definition) is 3. The fourth-order valence-electron chi connectivity index (χ4n) is 1.09. The van der Waals surface area contributed by atoms with E-state index in [-0.39, 0.29) is 18.5 Å². The number of aromatic nitrogens is 2. The number of nitrogens with one attached hydrogen (secondary N) is 1. The first-order valence-electron chi connectivity index (χ1n) is 5.00. The lowest BCUT2D eigenvalue weighted by atomic mass is 10.3. The van der Waals surface area contributed by atoms with E-state index in [2.05, 4.69) is 10.4 Å². The summed E-state index contributed by atoms with van der Waals surface area (Å²) in [5, 5.41) is 7.10. The quantitative estimate of drug-likeness (QED) is 0.795. The molecule has 1 amide bonds. The summed E-state index contributed by atoms with van der Waals surface area (Å²) in [4.78, 5) is 13.3. The molecule has 84 valence electrons. The van der Waals surface area contributed by atoms with Crippen molar-refractivity contribution in [3.8, 4) is 0 Å². The number of carbonyl (C=O) groups excluding carboxylic acids is 1. The number of aryl methyl sites for hydroxylation is 1. The van der Waals surface area contributed by atoms with Gasteiger partial charge in [-0.3, -0.25) is 9.48 Å². The Morgan fingerprint density at radius 2 is 2.33 bits per heavy atom. The molecule has 0 spiro atoms. The Morgan fingerprint density at radius 3 is 2.80 bits per heavy atom. The number of hydrogen-bond donors (Lipinski definition) is 1. The summed E-state index contributed by atoms with van der Waals surface area (Å²) in [6.45, 7) is 4.25. The molecule has 0 unspecified atom stereocenters. The van der Waals surface area contributed by atoms with Crippen LogP contribution in [0.15, 0.2) is 12.3 Å². The zero-order chi connectivity index (χ0) is 11.4. The number of anilines is 1. The SMILES string of the molecule is CC(C)N(C)C(=O)CNc1ccn(C)n1. The first-order valence-corrected chi connectivity index (χ1v) is 5.00. The van der Waals surface area contributed by atoms with E-state index < -0.39 is 0 Å². The average molecular weight is 210 g/mol. The third-order valence-electron chi connectivity index (χ3n) is 2.30. The molecule has 0 aromatic carbocycles. The van der Waals surface area contributed by atoms with E-state index in [1.54, 1.807) is 16.6 Å². The molecular weight excluding hydrogens is 192 g/mol. The second-order valence-corrected chi connectivity index (χ2v) is 3.83. The maximum absolute atomic E-state index is 11.6. The summed E-state index contributed by atoms with van der Waals surface area (Å²) in [6, 6.07) is 2.06. The molecule has 0 aliphatic rings. The van der Waals surface area contributed by atoms with Gasteiger partial charge in [-0.15, -0.1) is 0 Å². The van der Waals surface area contributed by atoms with Gasteiger partial charge < -0.3 is 10.2 Å². The van der Waals surface area contributed by atoms with Crippen LogP contribution in [-0.4, -0.2) is 40.2 Å². The third-order valence-corrected chi connectivity index (χ3v) is 2.30. The molecule has 0 saturated carbocycles. The number of nitrogens with zero attached hydrogens (tertiary/aromatic N) is 3. The van der Waals surface area contributed by atoms with Gasteiger partial charge in [0.1, 0.15) is 5.82 Å². The van der Waals surface area contributed by atoms with Crippen LogP contribution in [0.4, 0.5) is 5.82 Å². The maximum atomic E-state index is 11.6. The monoisotopic (exact) mass is 210 g/mol. The van der Waals surface area contributed by atoms with Gasteiger partial charge in [-0.2, -0.15) is 5.10 Å². The van der Waals surface area contributed by atoms with Crippen LogP contribution in [0.25, 0.3) is 0 Å². The van der Waals surface area contributed by atoms with Crippen LogP contribution in [0.2, 0.25) is 0 Å². The summed E-state index contributed by atoms with van der Waals surface area (Å²) >= 11 is 0. The minimum absolute atomic E-state index is 0.0654. The molecule has 5 nitrogen and oxygen atoms in total. The van der Waals surface area contributed by atoms with Crippen molar-refractivity contribution in [2.45, 2.75) is 19.9 Å². The smallest absolute Gasteiger partial charge is 0.241 e. The van der Waals surface area contributed by atoms with Crippen molar-refractivity contribution < 1.29 is 4.79 Å². The van der Waals surface area contributed by atoms with Crippen LogP contribution >= 0.6 is 0 Å². The molecule has 0 bridgehead atoms. The predicted molar refractivity (Wildman–Crippen MR) is 59.6 cm³/mol. The van der Waals surface area contributed by atoms with E-state index in [0.29, 0.717) is 0 Å². The highest BCUT2D eigenvalue weighted by molar-refractivity contribution is 5.80. The third kappa shape index (κ3) is 3.27. The summed E-state index contributed by atoms with van der Waals surface area (Å²) < 4.78 is 1.69. The first-order chi connectivity index (χ1) is 7.00. The van der Waals surface area contributed by atoms with Gasteiger partial charge in [-0.1, -0.05) is 0 Å². The van der Waals surface area contributed by atoms with Crippen molar-refractivity contribution in [2.24, 2.45) is 7.05 Å². The molecule has 0 atom stereocenters. The van der Waals surface area contributed by atoms with E-state index in [9.17, 15) is 4.79 Å². The van der Waals surface area contributed by atoms with Crippen molar-refractivity contribution in [2.75, 3.05) is 18.9 Å². The van der Waals surface area contributed by atoms with Crippen molar-refractivity contribution in [1.82, 2.24) is 14.7 Å². The molecular formula is C10H18N4O. The minimum Gasteiger partial charge on any atom is -0.360 e. The van der Waals surface area contributed by atoms with Crippen LogP contribution in [0.1, 0.15) is 13.8 Å². The second-order valence-electron chi connectivity index (χ2n) is 3.83. The van der Waals surface area contributed by atoms with Crippen molar-refractivity contribution in [3.63, 3.8) is 0 Å². The van der Waals surface area contributed by atoms with Crippen molar-refractivity contribution >= 4 is 11.7 Å². The molecule has 0 aliphatic carbocycles. The van der Waals surface area contributed by atoms with Crippen LogP contribution in [0.5, 0.6) is 0 Å². The van der Waals surface area contributed by atoms with Gasteiger partial charge in [0.2, 0.25) is 5.91 Å².